The first kappa shape index (κ1) is 19.9. The Balaban J connectivity index is 1.90. The van der Waals surface area contributed by atoms with Crippen molar-refractivity contribution in [1.82, 2.24) is 15.0 Å². The van der Waals surface area contributed by atoms with Gasteiger partial charge in [-0.2, -0.15) is 0 Å². The Labute approximate surface area is 165 Å². The highest BCUT2D eigenvalue weighted by Crippen LogP contribution is 2.30. The van der Waals surface area contributed by atoms with Crippen molar-refractivity contribution in [3.8, 4) is 5.75 Å². The lowest BCUT2D eigenvalue weighted by Crippen LogP contribution is -2.14. The van der Waals surface area contributed by atoms with Crippen LogP contribution >= 0.6 is 11.3 Å². The summed E-state index contributed by atoms with van der Waals surface area (Å²) < 4.78 is 5.53. The number of hydrogen-bond acceptors (Lipinski definition) is 7. The molecule has 0 bridgehead atoms. The fraction of sp³-hybridized carbons (Fsp3) is 0.421. The Morgan fingerprint density at radius 1 is 1.32 bits per heavy atom. The van der Waals surface area contributed by atoms with Crippen molar-refractivity contribution in [3.05, 3.63) is 54.6 Å². The van der Waals surface area contributed by atoms with Gasteiger partial charge in [0.15, 0.2) is 0 Å². The van der Waals surface area contributed by atoms with Gasteiger partial charge in [-0.05, 0) is 46.9 Å². The van der Waals surface area contributed by atoms with Crippen LogP contribution in [0.5, 0.6) is 5.75 Å². The summed E-state index contributed by atoms with van der Waals surface area (Å²) in [4.78, 5) is 36.1. The number of hydrogen-bond donors (Lipinski definition) is 1. The predicted octanol–water partition coefficient (Wildman–Crippen LogP) is 4.07. The molecule has 3 aromatic rings. The van der Waals surface area contributed by atoms with E-state index in [-0.39, 0.29) is 23.7 Å². The molecule has 3 aromatic heterocycles. The molecule has 3 rings (SSSR count). The molecule has 3 heterocycles. The zero-order valence-corrected chi connectivity index (χ0v) is 17.1. The van der Waals surface area contributed by atoms with Gasteiger partial charge in [0.1, 0.15) is 23.0 Å². The van der Waals surface area contributed by atoms with Crippen molar-refractivity contribution < 1.29 is 9.66 Å². The Morgan fingerprint density at radius 3 is 2.75 bits per heavy atom. The Hall–Kier alpha value is -2.81. The Kier molecular flexibility index (Phi) is 5.73. The highest BCUT2D eigenvalue weighted by Gasteiger charge is 2.20. The second-order valence-corrected chi connectivity index (χ2v) is 8.07. The van der Waals surface area contributed by atoms with Gasteiger partial charge in [-0.1, -0.05) is 20.3 Å². The molecule has 28 heavy (non-hydrogen) atoms. The summed E-state index contributed by atoms with van der Waals surface area (Å²) in [6, 6.07) is 3.13. The van der Waals surface area contributed by atoms with Crippen molar-refractivity contribution >= 4 is 27.4 Å². The van der Waals surface area contributed by atoms with Crippen LogP contribution in [0, 0.1) is 29.9 Å². The highest BCUT2D eigenvalue weighted by molar-refractivity contribution is 7.18. The summed E-state index contributed by atoms with van der Waals surface area (Å²) in [6.07, 6.45) is 1.88. The van der Waals surface area contributed by atoms with Crippen LogP contribution in [0.4, 0.5) is 5.82 Å². The number of aromatic nitrogens is 3. The normalized spacial score (nSPS) is 12.3. The summed E-state index contributed by atoms with van der Waals surface area (Å²) in [5.74, 6) is 0.488. The smallest absolute Gasteiger partial charge is 0.406 e. The third kappa shape index (κ3) is 4.04. The van der Waals surface area contributed by atoms with Crippen molar-refractivity contribution in [2.75, 3.05) is 0 Å². The summed E-state index contributed by atoms with van der Waals surface area (Å²) in [5, 5.41) is 11.8. The van der Waals surface area contributed by atoms with Crippen LogP contribution in [0.3, 0.4) is 0 Å². The molecular formula is C19H22N4O4S. The summed E-state index contributed by atoms with van der Waals surface area (Å²) >= 11 is 1.48. The number of aryl methyl sites for hydroxylation is 2. The van der Waals surface area contributed by atoms with Gasteiger partial charge in [0, 0.05) is 11.8 Å². The monoisotopic (exact) mass is 402 g/mol. The van der Waals surface area contributed by atoms with Gasteiger partial charge < -0.3 is 19.8 Å². The van der Waals surface area contributed by atoms with Crippen molar-refractivity contribution in [3.63, 3.8) is 0 Å². The van der Waals surface area contributed by atoms with E-state index < -0.39 is 4.92 Å². The van der Waals surface area contributed by atoms with Crippen LogP contribution in [0.15, 0.2) is 16.9 Å². The lowest BCUT2D eigenvalue weighted by atomic mass is 9.98. The number of pyridine rings is 1. The SMILES string of the molecule is CC[C@H](C)Cc1c(C)sc2nc(COc3ccc(C)nc3[N+](=O)[O-])[nH]c(=O)c12. The fourth-order valence-electron chi connectivity index (χ4n) is 2.95. The second-order valence-electron chi connectivity index (χ2n) is 6.87. The van der Waals surface area contributed by atoms with Crippen LogP contribution < -0.4 is 10.3 Å². The molecule has 0 saturated heterocycles. The first-order valence-corrected chi connectivity index (χ1v) is 9.87. The van der Waals surface area contributed by atoms with Gasteiger partial charge >= 0.3 is 5.82 Å². The third-order valence-electron chi connectivity index (χ3n) is 4.68. The van der Waals surface area contributed by atoms with Gasteiger partial charge in [-0.15, -0.1) is 11.3 Å². The van der Waals surface area contributed by atoms with E-state index in [0.29, 0.717) is 27.7 Å². The van der Waals surface area contributed by atoms with E-state index in [9.17, 15) is 14.9 Å². The van der Waals surface area contributed by atoms with Crippen LogP contribution in [-0.2, 0) is 13.0 Å². The highest BCUT2D eigenvalue weighted by atomic mass is 32.1. The molecule has 148 valence electrons. The number of nitrogens with one attached hydrogen (secondary N) is 1. The number of H-pyrrole nitrogens is 1. The molecule has 1 atom stereocenters. The second kappa shape index (κ2) is 8.05. The zero-order chi connectivity index (χ0) is 20.4. The van der Waals surface area contributed by atoms with E-state index in [1.165, 1.54) is 17.4 Å². The van der Waals surface area contributed by atoms with Gasteiger partial charge in [-0.3, -0.25) is 4.79 Å². The van der Waals surface area contributed by atoms with E-state index in [0.717, 1.165) is 23.3 Å². The van der Waals surface area contributed by atoms with E-state index >= 15 is 0 Å². The topological polar surface area (TPSA) is 111 Å². The quantitative estimate of drug-likeness (QED) is 0.471. The van der Waals surface area contributed by atoms with Crippen molar-refractivity contribution in [2.24, 2.45) is 5.92 Å². The van der Waals surface area contributed by atoms with Crippen molar-refractivity contribution in [1.29, 1.82) is 0 Å². The van der Waals surface area contributed by atoms with Gasteiger partial charge in [0.25, 0.3) is 5.56 Å². The summed E-state index contributed by atoms with van der Waals surface area (Å²) in [6.45, 7) is 7.87. The first-order valence-electron chi connectivity index (χ1n) is 9.06. The molecule has 0 unspecified atom stereocenters. The number of aromatic amines is 1. The number of thiophene rings is 1. The number of nitro groups is 1. The molecule has 0 aliphatic rings. The molecule has 8 nitrogen and oxygen atoms in total. The van der Waals surface area contributed by atoms with Crippen LogP contribution in [0.2, 0.25) is 0 Å². The fourth-order valence-corrected chi connectivity index (χ4v) is 4.02. The molecule has 0 saturated carbocycles. The molecule has 9 heteroatoms. The molecule has 0 radical (unpaired) electrons. The predicted molar refractivity (Wildman–Crippen MR) is 108 cm³/mol. The van der Waals surface area contributed by atoms with E-state index in [1.807, 2.05) is 6.92 Å². The average molecular weight is 402 g/mol. The minimum Gasteiger partial charge on any atom is -0.478 e. The van der Waals surface area contributed by atoms with E-state index in [1.54, 1.807) is 13.0 Å². The standard InChI is InChI=1S/C19H22N4O4S/c1-5-10(2)8-13-12(4)28-19-16(13)18(24)21-15(22-19)9-27-14-7-6-11(3)20-17(14)23(25)26/h6-7,10H,5,8-9H2,1-4H3,(H,21,22,24)/t10-/m0/s1. The molecule has 0 amide bonds. The molecule has 0 aromatic carbocycles. The molecule has 0 aliphatic carbocycles. The van der Waals surface area contributed by atoms with Gasteiger partial charge in [-0.25, -0.2) is 4.98 Å². The lowest BCUT2D eigenvalue weighted by molar-refractivity contribution is -0.390. The van der Waals surface area contributed by atoms with Crippen LogP contribution in [0.1, 0.15) is 42.2 Å². The molecule has 1 N–H and O–H groups in total. The summed E-state index contributed by atoms with van der Waals surface area (Å²) in [5.41, 5.74) is 1.37. The molecule has 0 spiro atoms. The third-order valence-corrected chi connectivity index (χ3v) is 5.72. The lowest BCUT2D eigenvalue weighted by Gasteiger charge is -2.08. The zero-order valence-electron chi connectivity index (χ0n) is 16.2. The Morgan fingerprint density at radius 2 is 2.07 bits per heavy atom. The van der Waals surface area contributed by atoms with Crippen LogP contribution in [-0.4, -0.2) is 19.9 Å². The molecule has 0 aliphatic heterocycles. The number of rotatable bonds is 7. The number of fused-ring (bicyclic) bond motifs is 1. The molecular weight excluding hydrogens is 380 g/mol. The number of ether oxygens (including phenoxy) is 1. The van der Waals surface area contributed by atoms with Gasteiger partial charge in [0.2, 0.25) is 5.75 Å². The average Bonchev–Trinajstić information content (AvgIpc) is 2.96. The number of nitrogens with zero attached hydrogens (tertiary/aromatic N) is 3. The maximum atomic E-state index is 12.7. The van der Waals surface area contributed by atoms with E-state index in [4.69, 9.17) is 4.74 Å². The Bertz CT molecular complexity index is 1090. The minimum absolute atomic E-state index is 0.0400. The van der Waals surface area contributed by atoms with Crippen molar-refractivity contribution in [2.45, 2.75) is 47.1 Å². The maximum Gasteiger partial charge on any atom is 0.406 e. The molecule has 0 fully saturated rings. The minimum atomic E-state index is -0.592. The first-order chi connectivity index (χ1) is 13.3. The largest absolute Gasteiger partial charge is 0.478 e. The summed E-state index contributed by atoms with van der Waals surface area (Å²) in [7, 11) is 0. The van der Waals surface area contributed by atoms with Crippen LogP contribution in [0.25, 0.3) is 10.2 Å². The maximum absolute atomic E-state index is 12.7. The van der Waals surface area contributed by atoms with E-state index in [2.05, 4.69) is 28.8 Å². The van der Waals surface area contributed by atoms with Gasteiger partial charge in [0.05, 0.1) is 5.39 Å².